The van der Waals surface area contributed by atoms with Crippen molar-refractivity contribution >= 4 is 27.5 Å². The van der Waals surface area contributed by atoms with E-state index in [4.69, 9.17) is 0 Å². The number of benzene rings is 2. The fourth-order valence-corrected chi connectivity index (χ4v) is 6.50. The summed E-state index contributed by atoms with van der Waals surface area (Å²) in [4.78, 5) is 13.4. The molecule has 2 aromatic carbocycles. The molecule has 0 aliphatic carbocycles. The van der Waals surface area contributed by atoms with Crippen molar-refractivity contribution in [2.75, 3.05) is 11.5 Å². The van der Waals surface area contributed by atoms with E-state index in [9.17, 15) is 13.2 Å². The van der Waals surface area contributed by atoms with Crippen molar-refractivity contribution in [2.24, 2.45) is 0 Å². The first kappa shape index (κ1) is 18.0. The van der Waals surface area contributed by atoms with E-state index in [1.165, 1.54) is 11.8 Å². The Morgan fingerprint density at radius 2 is 1.88 bits per heavy atom. The van der Waals surface area contributed by atoms with Crippen LogP contribution in [0.4, 0.5) is 0 Å². The van der Waals surface area contributed by atoms with E-state index in [-0.39, 0.29) is 22.7 Å². The molecular weight excluding hydrogens is 354 g/mol. The first-order valence-electron chi connectivity index (χ1n) is 8.23. The van der Waals surface area contributed by atoms with Crippen molar-refractivity contribution in [1.82, 2.24) is 5.32 Å². The highest BCUT2D eigenvalue weighted by atomic mass is 32.2. The molecule has 1 aliphatic heterocycles. The lowest BCUT2D eigenvalue weighted by Gasteiger charge is -2.13. The van der Waals surface area contributed by atoms with Gasteiger partial charge in [0.05, 0.1) is 17.1 Å². The van der Waals surface area contributed by atoms with Crippen LogP contribution in [0.5, 0.6) is 0 Å². The Kier molecular flexibility index (Phi) is 5.49. The van der Waals surface area contributed by atoms with Gasteiger partial charge in [-0.2, -0.15) is 0 Å². The molecule has 0 saturated carbocycles. The molecule has 1 amide bonds. The molecule has 1 N–H and O–H groups in total. The van der Waals surface area contributed by atoms with Crippen LogP contribution in [0.15, 0.2) is 53.4 Å². The van der Waals surface area contributed by atoms with Crippen LogP contribution in [-0.4, -0.2) is 31.1 Å². The number of amides is 1. The monoisotopic (exact) mass is 375 g/mol. The summed E-state index contributed by atoms with van der Waals surface area (Å²) in [6.07, 6.45) is 0.645. The molecule has 0 bridgehead atoms. The molecule has 6 heteroatoms. The van der Waals surface area contributed by atoms with Crippen molar-refractivity contribution in [3.8, 4) is 0 Å². The second-order valence-electron chi connectivity index (χ2n) is 6.25. The topological polar surface area (TPSA) is 63.2 Å². The Morgan fingerprint density at radius 1 is 1.16 bits per heavy atom. The van der Waals surface area contributed by atoms with Gasteiger partial charge in [-0.25, -0.2) is 8.42 Å². The summed E-state index contributed by atoms with van der Waals surface area (Å²) in [6, 6.07) is 15.3. The molecule has 0 spiro atoms. The predicted octanol–water partition coefficient (Wildman–Crippen LogP) is 3.20. The van der Waals surface area contributed by atoms with Gasteiger partial charge in [0.2, 0.25) is 0 Å². The van der Waals surface area contributed by atoms with Crippen LogP contribution in [0.3, 0.4) is 0 Å². The van der Waals surface area contributed by atoms with Crippen molar-refractivity contribution < 1.29 is 13.2 Å². The van der Waals surface area contributed by atoms with Crippen LogP contribution in [-0.2, 0) is 16.4 Å². The van der Waals surface area contributed by atoms with E-state index in [0.717, 1.165) is 16.0 Å². The standard InChI is InChI=1S/C19H21NO3S2/c1-14-6-2-3-7-15(14)12-20-19(21)17-8-4-5-9-18(17)24-16-10-11-25(22,23)13-16/h2-9,16H,10-13H2,1H3,(H,20,21)/t16-/m1/s1. The molecule has 132 valence electrons. The molecule has 1 atom stereocenters. The number of aryl methyl sites for hydroxylation is 1. The lowest BCUT2D eigenvalue weighted by molar-refractivity contribution is 0.0948. The smallest absolute Gasteiger partial charge is 0.252 e. The van der Waals surface area contributed by atoms with Gasteiger partial charge in [0.15, 0.2) is 9.84 Å². The number of thioether (sulfide) groups is 1. The van der Waals surface area contributed by atoms with Crippen molar-refractivity contribution in [3.05, 3.63) is 65.2 Å². The Bertz CT molecular complexity index is 878. The minimum atomic E-state index is -2.92. The highest BCUT2D eigenvalue weighted by Crippen LogP contribution is 2.33. The normalized spacial score (nSPS) is 18.8. The molecule has 3 rings (SSSR count). The number of sulfone groups is 1. The maximum atomic E-state index is 12.6. The number of nitrogens with one attached hydrogen (secondary N) is 1. The zero-order valence-corrected chi connectivity index (χ0v) is 15.7. The van der Waals surface area contributed by atoms with Gasteiger partial charge >= 0.3 is 0 Å². The van der Waals surface area contributed by atoms with E-state index in [2.05, 4.69) is 5.32 Å². The van der Waals surface area contributed by atoms with E-state index in [0.29, 0.717) is 18.5 Å². The third kappa shape index (κ3) is 4.64. The van der Waals surface area contributed by atoms with Crippen molar-refractivity contribution in [3.63, 3.8) is 0 Å². The average Bonchev–Trinajstić information content (AvgIpc) is 2.93. The zero-order valence-electron chi connectivity index (χ0n) is 14.1. The third-order valence-corrected chi connectivity index (χ3v) is 7.64. The molecule has 0 radical (unpaired) electrons. The van der Waals surface area contributed by atoms with Gasteiger partial charge in [-0.3, -0.25) is 4.79 Å². The van der Waals surface area contributed by atoms with E-state index < -0.39 is 9.84 Å². The molecule has 4 nitrogen and oxygen atoms in total. The van der Waals surface area contributed by atoms with Gasteiger partial charge in [-0.15, -0.1) is 11.8 Å². The summed E-state index contributed by atoms with van der Waals surface area (Å²) in [5, 5.41) is 2.99. The molecule has 1 aliphatic rings. The highest BCUT2D eigenvalue weighted by Gasteiger charge is 2.29. The second-order valence-corrected chi connectivity index (χ2v) is 9.82. The number of hydrogen-bond donors (Lipinski definition) is 1. The molecule has 0 aromatic heterocycles. The Hall–Kier alpha value is -1.79. The zero-order chi connectivity index (χ0) is 17.9. The van der Waals surface area contributed by atoms with Gasteiger partial charge in [-0.05, 0) is 36.6 Å². The van der Waals surface area contributed by atoms with Gasteiger partial charge in [0.25, 0.3) is 5.91 Å². The number of rotatable bonds is 5. The summed E-state index contributed by atoms with van der Waals surface area (Å²) in [5.41, 5.74) is 2.83. The van der Waals surface area contributed by atoms with E-state index in [1.807, 2.05) is 49.4 Å². The van der Waals surface area contributed by atoms with Crippen LogP contribution < -0.4 is 5.32 Å². The summed E-state index contributed by atoms with van der Waals surface area (Å²) in [7, 11) is -2.92. The van der Waals surface area contributed by atoms with Crippen molar-refractivity contribution in [2.45, 2.75) is 30.0 Å². The minimum absolute atomic E-state index is 0.0234. The fourth-order valence-electron chi connectivity index (χ4n) is 2.87. The van der Waals surface area contributed by atoms with Crippen LogP contribution in [0.1, 0.15) is 27.9 Å². The highest BCUT2D eigenvalue weighted by molar-refractivity contribution is 8.02. The van der Waals surface area contributed by atoms with Crippen LogP contribution >= 0.6 is 11.8 Å². The van der Waals surface area contributed by atoms with Crippen LogP contribution in [0.2, 0.25) is 0 Å². The fraction of sp³-hybridized carbons (Fsp3) is 0.316. The van der Waals surface area contributed by atoms with E-state index >= 15 is 0 Å². The number of carbonyl (C=O) groups is 1. The predicted molar refractivity (Wildman–Crippen MR) is 102 cm³/mol. The minimum Gasteiger partial charge on any atom is -0.348 e. The molecule has 25 heavy (non-hydrogen) atoms. The maximum Gasteiger partial charge on any atom is 0.252 e. The first-order chi connectivity index (χ1) is 11.9. The van der Waals surface area contributed by atoms with Gasteiger partial charge < -0.3 is 5.32 Å². The van der Waals surface area contributed by atoms with Crippen LogP contribution in [0, 0.1) is 6.92 Å². The lowest BCUT2D eigenvalue weighted by atomic mass is 10.1. The van der Waals surface area contributed by atoms with Crippen LogP contribution in [0.25, 0.3) is 0 Å². The average molecular weight is 376 g/mol. The molecule has 1 saturated heterocycles. The third-order valence-electron chi connectivity index (χ3n) is 4.32. The summed E-state index contributed by atoms with van der Waals surface area (Å²) in [5.74, 6) is 0.301. The molecule has 0 unspecified atom stereocenters. The summed E-state index contributed by atoms with van der Waals surface area (Å²) in [6.45, 7) is 2.49. The van der Waals surface area contributed by atoms with E-state index in [1.54, 1.807) is 6.07 Å². The van der Waals surface area contributed by atoms with Gasteiger partial charge in [0.1, 0.15) is 0 Å². The Labute approximate surface area is 152 Å². The van der Waals surface area contributed by atoms with Gasteiger partial charge in [0, 0.05) is 16.7 Å². The lowest BCUT2D eigenvalue weighted by Crippen LogP contribution is -2.24. The summed E-state index contributed by atoms with van der Waals surface area (Å²) < 4.78 is 23.3. The number of carbonyl (C=O) groups excluding carboxylic acids is 1. The largest absolute Gasteiger partial charge is 0.348 e. The Morgan fingerprint density at radius 3 is 2.60 bits per heavy atom. The maximum absolute atomic E-state index is 12.6. The second kappa shape index (κ2) is 7.62. The summed E-state index contributed by atoms with van der Waals surface area (Å²) >= 11 is 1.49. The Balaban J connectivity index is 1.70. The quantitative estimate of drug-likeness (QED) is 0.872. The molecule has 2 aromatic rings. The molecule has 1 fully saturated rings. The first-order valence-corrected chi connectivity index (χ1v) is 10.9. The SMILES string of the molecule is Cc1ccccc1CNC(=O)c1ccccc1S[C@@H]1CCS(=O)(=O)C1. The number of hydrogen-bond acceptors (Lipinski definition) is 4. The molecular formula is C19H21NO3S2. The van der Waals surface area contributed by atoms with Crippen molar-refractivity contribution in [1.29, 1.82) is 0 Å². The molecule has 1 heterocycles. The van der Waals surface area contributed by atoms with Gasteiger partial charge in [-0.1, -0.05) is 36.4 Å².